The molecular weight excluding hydrogens is 136 g/mol. The molecule has 1 rings (SSSR count). The van der Waals surface area contributed by atoms with Gasteiger partial charge in [-0.05, 0) is 6.08 Å². The predicted octanol–water partition coefficient (Wildman–Crippen LogP) is 2.69. The van der Waals surface area contributed by atoms with Crippen LogP contribution in [-0.2, 0) is 0 Å². The molecule has 0 amide bonds. The average molecular weight is 148 g/mol. The predicted molar refractivity (Wildman–Crippen MR) is 47.7 cm³/mol. The monoisotopic (exact) mass is 148 g/mol. The Morgan fingerprint density at radius 1 is 1.27 bits per heavy atom. The number of hydrogen-bond donors (Lipinski definition) is 0. The number of ketones is 1. The molecule has 1 aromatic carbocycles. The smallest absolute Gasteiger partial charge is 0.185 e. The van der Waals surface area contributed by atoms with Crippen molar-refractivity contribution in [2.75, 3.05) is 0 Å². The largest absolute Gasteiger partial charge is 0.289 e. The van der Waals surface area contributed by atoms with E-state index in [0.717, 1.165) is 0 Å². The molecule has 11 heavy (non-hydrogen) atoms. The van der Waals surface area contributed by atoms with Gasteiger partial charge in [0.05, 0.1) is 0 Å². The Morgan fingerprint density at radius 2 is 1.82 bits per heavy atom. The fourth-order valence-corrected chi connectivity index (χ4v) is 0.720. The average Bonchev–Trinajstić information content (AvgIpc) is 2.05. The lowest BCUT2D eigenvalue weighted by Crippen LogP contribution is -1.90. The second kappa shape index (κ2) is 4.45. The summed E-state index contributed by atoms with van der Waals surface area (Å²) in [6.07, 6.45) is 1.31. The second-order valence-electron chi connectivity index (χ2n) is 1.93. The van der Waals surface area contributed by atoms with Gasteiger partial charge in [-0.1, -0.05) is 44.3 Å². The highest BCUT2D eigenvalue weighted by Gasteiger charge is 1.95. The summed E-state index contributed by atoms with van der Waals surface area (Å²) in [6.45, 7) is 3.39. The van der Waals surface area contributed by atoms with Crippen LogP contribution in [0.2, 0.25) is 0 Å². The van der Waals surface area contributed by atoms with Crippen molar-refractivity contribution in [3.05, 3.63) is 48.6 Å². The van der Waals surface area contributed by atoms with Crippen molar-refractivity contribution in [1.29, 1.82) is 0 Å². The zero-order chi connectivity index (χ0) is 7.40. The van der Waals surface area contributed by atoms with Gasteiger partial charge in [-0.25, -0.2) is 0 Å². The molecule has 1 aromatic rings. The third-order valence-electron chi connectivity index (χ3n) is 1.24. The molecule has 0 spiro atoms. The first-order valence-corrected chi connectivity index (χ1v) is 3.06. The summed E-state index contributed by atoms with van der Waals surface area (Å²) in [5.41, 5.74) is 0.692. The molecule has 0 aromatic heterocycles. The lowest BCUT2D eigenvalue weighted by molar-refractivity contribution is 0.104. The van der Waals surface area contributed by atoms with E-state index < -0.39 is 0 Å². The van der Waals surface area contributed by atoms with Crippen molar-refractivity contribution in [1.82, 2.24) is 0 Å². The van der Waals surface area contributed by atoms with E-state index in [1.165, 1.54) is 6.08 Å². The van der Waals surface area contributed by atoms with Crippen LogP contribution in [0.25, 0.3) is 0 Å². The van der Waals surface area contributed by atoms with E-state index in [4.69, 9.17) is 0 Å². The molecule has 0 radical (unpaired) electrons. The van der Waals surface area contributed by atoms with Crippen molar-refractivity contribution in [2.24, 2.45) is 0 Å². The topological polar surface area (TPSA) is 17.1 Å². The summed E-state index contributed by atoms with van der Waals surface area (Å²) in [5.74, 6) is -0.0272. The molecule has 0 aliphatic heterocycles. The van der Waals surface area contributed by atoms with Crippen molar-refractivity contribution in [3.8, 4) is 0 Å². The van der Waals surface area contributed by atoms with Crippen LogP contribution < -0.4 is 0 Å². The fraction of sp³-hybridized carbons (Fsp3) is 0.100. The van der Waals surface area contributed by atoms with Gasteiger partial charge in [-0.2, -0.15) is 0 Å². The minimum atomic E-state index is -0.0272. The molecule has 0 saturated carbocycles. The minimum absolute atomic E-state index is 0. The zero-order valence-electron chi connectivity index (χ0n) is 5.58. The molecule has 0 bridgehead atoms. The van der Waals surface area contributed by atoms with Crippen molar-refractivity contribution >= 4 is 5.78 Å². The normalized spacial score (nSPS) is 8.00. The van der Waals surface area contributed by atoms with E-state index in [1.807, 2.05) is 18.2 Å². The number of benzene rings is 1. The quantitative estimate of drug-likeness (QED) is 0.465. The molecule has 0 aliphatic rings. The van der Waals surface area contributed by atoms with Gasteiger partial charge < -0.3 is 0 Å². The van der Waals surface area contributed by atoms with Crippen LogP contribution in [-0.4, -0.2) is 5.78 Å². The van der Waals surface area contributed by atoms with Crippen LogP contribution in [0.15, 0.2) is 43.0 Å². The third kappa shape index (κ3) is 2.38. The fourth-order valence-electron chi connectivity index (χ4n) is 0.720. The van der Waals surface area contributed by atoms with Gasteiger partial charge in [-0.3, -0.25) is 4.79 Å². The van der Waals surface area contributed by atoms with Gasteiger partial charge in [0.1, 0.15) is 0 Å². The first-order chi connectivity index (χ1) is 4.84. The van der Waals surface area contributed by atoms with E-state index in [-0.39, 0.29) is 13.2 Å². The Morgan fingerprint density at radius 3 is 2.27 bits per heavy atom. The Bertz CT molecular complexity index is 236. The maximum absolute atomic E-state index is 10.9. The highest BCUT2D eigenvalue weighted by molar-refractivity contribution is 6.04. The van der Waals surface area contributed by atoms with Crippen LogP contribution in [0.3, 0.4) is 0 Å². The maximum Gasteiger partial charge on any atom is 0.185 e. The summed E-state index contributed by atoms with van der Waals surface area (Å²) in [7, 11) is 0. The van der Waals surface area contributed by atoms with Crippen molar-refractivity contribution in [2.45, 2.75) is 7.43 Å². The first-order valence-electron chi connectivity index (χ1n) is 3.06. The standard InChI is InChI=1S/C9H8O.CH4/c1-2-9(10)8-6-4-3-5-7-8;/h2-7H,1H2;1H4. The van der Waals surface area contributed by atoms with Gasteiger partial charge in [0.2, 0.25) is 0 Å². The maximum atomic E-state index is 10.9. The first kappa shape index (κ1) is 9.63. The SMILES string of the molecule is C.C=CC(=O)c1ccccc1. The van der Waals surface area contributed by atoms with Gasteiger partial charge in [0.15, 0.2) is 5.78 Å². The second-order valence-corrected chi connectivity index (χ2v) is 1.93. The van der Waals surface area contributed by atoms with Gasteiger partial charge in [-0.15, -0.1) is 0 Å². The minimum Gasteiger partial charge on any atom is -0.289 e. The van der Waals surface area contributed by atoms with Crippen LogP contribution in [0.5, 0.6) is 0 Å². The Kier molecular flexibility index (Phi) is 3.89. The summed E-state index contributed by atoms with van der Waals surface area (Å²) in [6, 6.07) is 9.07. The summed E-state index contributed by atoms with van der Waals surface area (Å²) in [5, 5.41) is 0. The van der Waals surface area contributed by atoms with E-state index in [2.05, 4.69) is 6.58 Å². The highest BCUT2D eigenvalue weighted by Crippen LogP contribution is 1.99. The van der Waals surface area contributed by atoms with Crippen molar-refractivity contribution in [3.63, 3.8) is 0 Å². The summed E-state index contributed by atoms with van der Waals surface area (Å²) in [4.78, 5) is 10.9. The molecule has 0 N–H and O–H groups in total. The third-order valence-corrected chi connectivity index (χ3v) is 1.24. The van der Waals surface area contributed by atoms with Crippen LogP contribution in [0, 0.1) is 0 Å². The van der Waals surface area contributed by atoms with Crippen LogP contribution in [0.1, 0.15) is 17.8 Å². The molecule has 0 heterocycles. The molecule has 0 aliphatic carbocycles. The van der Waals surface area contributed by atoms with E-state index in [9.17, 15) is 4.79 Å². The Hall–Kier alpha value is -1.37. The van der Waals surface area contributed by atoms with Gasteiger partial charge in [0.25, 0.3) is 0 Å². The van der Waals surface area contributed by atoms with E-state index in [0.29, 0.717) is 5.56 Å². The zero-order valence-corrected chi connectivity index (χ0v) is 5.58. The van der Waals surface area contributed by atoms with Crippen LogP contribution in [0.4, 0.5) is 0 Å². The van der Waals surface area contributed by atoms with Gasteiger partial charge in [0, 0.05) is 5.56 Å². The summed E-state index contributed by atoms with van der Waals surface area (Å²) >= 11 is 0. The van der Waals surface area contributed by atoms with Gasteiger partial charge >= 0.3 is 0 Å². The molecule has 1 nitrogen and oxygen atoms in total. The molecular formula is C10H12O. The number of rotatable bonds is 2. The number of carbonyl (C=O) groups is 1. The lowest BCUT2D eigenvalue weighted by atomic mass is 10.1. The highest BCUT2D eigenvalue weighted by atomic mass is 16.1. The molecule has 1 heteroatoms. The molecule has 0 unspecified atom stereocenters. The van der Waals surface area contributed by atoms with E-state index >= 15 is 0 Å². The van der Waals surface area contributed by atoms with Crippen LogP contribution >= 0.6 is 0 Å². The number of carbonyl (C=O) groups excluding carboxylic acids is 1. The molecule has 0 fully saturated rings. The Labute approximate surface area is 67.4 Å². The van der Waals surface area contributed by atoms with Crippen molar-refractivity contribution < 1.29 is 4.79 Å². The Balaban J connectivity index is 0.000001000. The molecule has 0 atom stereocenters. The van der Waals surface area contributed by atoms with E-state index in [1.54, 1.807) is 12.1 Å². The number of allylic oxidation sites excluding steroid dienone is 1. The molecule has 58 valence electrons. The number of hydrogen-bond acceptors (Lipinski definition) is 1. The molecule has 0 saturated heterocycles. The lowest BCUT2D eigenvalue weighted by Gasteiger charge is -1.90. The summed E-state index contributed by atoms with van der Waals surface area (Å²) < 4.78 is 0.